The summed E-state index contributed by atoms with van der Waals surface area (Å²) in [5, 5.41) is 0.558. The van der Waals surface area contributed by atoms with Crippen molar-refractivity contribution in [3.05, 3.63) is 17.0 Å². The number of aromatic nitrogens is 2. The first-order valence-electron chi connectivity index (χ1n) is 5.59. The molecule has 0 unspecified atom stereocenters. The second kappa shape index (κ2) is 4.97. The van der Waals surface area contributed by atoms with Gasteiger partial charge in [-0.1, -0.05) is 11.6 Å². The Labute approximate surface area is 101 Å². The number of likely N-dealkylation sites (N-methyl/N-ethyl adjacent to an activating group) is 1. The van der Waals surface area contributed by atoms with Gasteiger partial charge in [0.25, 0.3) is 0 Å². The van der Waals surface area contributed by atoms with Gasteiger partial charge in [0.15, 0.2) is 0 Å². The Balaban J connectivity index is 2.20. The lowest BCUT2D eigenvalue weighted by Crippen LogP contribution is -2.30. The van der Waals surface area contributed by atoms with Crippen LogP contribution in [0.5, 0.6) is 0 Å². The fraction of sp³-hybridized carbons (Fsp3) is 0.636. The van der Waals surface area contributed by atoms with Crippen molar-refractivity contribution in [1.82, 2.24) is 14.9 Å². The van der Waals surface area contributed by atoms with Gasteiger partial charge in [0.1, 0.15) is 17.3 Å². The summed E-state index contributed by atoms with van der Waals surface area (Å²) in [4.78, 5) is 13.0. The molecule has 1 aliphatic heterocycles. The van der Waals surface area contributed by atoms with Gasteiger partial charge in [-0.05, 0) is 26.9 Å². The number of nitrogens with zero attached hydrogens (tertiary/aromatic N) is 4. The van der Waals surface area contributed by atoms with E-state index < -0.39 is 0 Å². The third kappa shape index (κ3) is 2.44. The maximum absolute atomic E-state index is 6.01. The molecule has 88 valence electrons. The number of hydrogen-bond acceptors (Lipinski definition) is 4. The fourth-order valence-corrected chi connectivity index (χ4v) is 2.13. The quantitative estimate of drug-likeness (QED) is 0.698. The summed E-state index contributed by atoms with van der Waals surface area (Å²) in [6.07, 6.45) is 2.71. The summed E-state index contributed by atoms with van der Waals surface area (Å²) < 4.78 is 0. The Morgan fingerprint density at radius 2 is 2.00 bits per heavy atom. The van der Waals surface area contributed by atoms with Crippen LogP contribution in [0.2, 0.25) is 5.15 Å². The van der Waals surface area contributed by atoms with Crippen molar-refractivity contribution in [3.8, 4) is 0 Å². The molecule has 0 amide bonds. The molecule has 0 atom stereocenters. The average Bonchev–Trinajstić information content (AvgIpc) is 2.47. The number of halogens is 1. The van der Waals surface area contributed by atoms with E-state index >= 15 is 0 Å². The third-order valence-electron chi connectivity index (χ3n) is 3.01. The molecular formula is C11H17ClN4. The average molecular weight is 241 g/mol. The summed E-state index contributed by atoms with van der Waals surface area (Å²) in [5.41, 5.74) is 0.980. The molecule has 0 radical (unpaired) electrons. The van der Waals surface area contributed by atoms with Crippen molar-refractivity contribution in [2.24, 2.45) is 0 Å². The van der Waals surface area contributed by atoms with E-state index in [0.29, 0.717) is 5.15 Å². The second-order valence-corrected chi connectivity index (χ2v) is 4.61. The number of hydrogen-bond donors (Lipinski definition) is 0. The van der Waals surface area contributed by atoms with Crippen molar-refractivity contribution in [3.63, 3.8) is 0 Å². The molecule has 0 spiro atoms. The molecule has 1 saturated heterocycles. The molecule has 5 heteroatoms. The molecule has 2 rings (SSSR count). The molecule has 0 saturated carbocycles. The van der Waals surface area contributed by atoms with Crippen LogP contribution in [0.4, 0.5) is 5.82 Å². The van der Waals surface area contributed by atoms with Gasteiger partial charge in [0.05, 0.1) is 0 Å². The van der Waals surface area contributed by atoms with Gasteiger partial charge < -0.3 is 9.80 Å². The Morgan fingerprint density at radius 1 is 1.19 bits per heavy atom. The number of anilines is 1. The Morgan fingerprint density at radius 3 is 2.81 bits per heavy atom. The largest absolute Gasteiger partial charge is 0.355 e. The van der Waals surface area contributed by atoms with E-state index in [-0.39, 0.29) is 0 Å². The summed E-state index contributed by atoms with van der Waals surface area (Å²) in [6, 6.07) is 0. The van der Waals surface area contributed by atoms with Crippen LogP contribution in [0.1, 0.15) is 12.0 Å². The predicted octanol–water partition coefficient (Wildman–Crippen LogP) is 1.58. The van der Waals surface area contributed by atoms with E-state index in [2.05, 4.69) is 26.8 Å². The van der Waals surface area contributed by atoms with Gasteiger partial charge in [-0.15, -0.1) is 0 Å². The van der Waals surface area contributed by atoms with Gasteiger partial charge in [0, 0.05) is 25.2 Å². The lowest BCUT2D eigenvalue weighted by Gasteiger charge is -2.23. The Bertz CT molecular complexity index is 369. The maximum Gasteiger partial charge on any atom is 0.137 e. The van der Waals surface area contributed by atoms with Crippen LogP contribution in [-0.2, 0) is 0 Å². The minimum atomic E-state index is 0.558. The molecule has 1 aromatic rings. The zero-order valence-corrected chi connectivity index (χ0v) is 10.5. The van der Waals surface area contributed by atoms with E-state index in [4.69, 9.17) is 11.6 Å². The first-order chi connectivity index (χ1) is 7.68. The van der Waals surface area contributed by atoms with Crippen LogP contribution in [0, 0.1) is 6.92 Å². The molecule has 4 nitrogen and oxygen atoms in total. The highest BCUT2D eigenvalue weighted by Crippen LogP contribution is 2.22. The molecule has 1 aromatic heterocycles. The Hall–Kier alpha value is -0.870. The van der Waals surface area contributed by atoms with Gasteiger partial charge >= 0.3 is 0 Å². The second-order valence-electron chi connectivity index (χ2n) is 4.26. The highest BCUT2D eigenvalue weighted by molar-refractivity contribution is 6.30. The molecule has 0 aromatic carbocycles. The third-order valence-corrected chi connectivity index (χ3v) is 3.40. The summed E-state index contributed by atoms with van der Waals surface area (Å²) in [6.45, 7) is 6.24. The molecule has 0 aliphatic carbocycles. The molecule has 0 N–H and O–H groups in total. The van der Waals surface area contributed by atoms with Crippen molar-refractivity contribution >= 4 is 17.4 Å². The molecule has 0 bridgehead atoms. The monoisotopic (exact) mass is 240 g/mol. The molecule has 2 heterocycles. The van der Waals surface area contributed by atoms with Gasteiger partial charge in [-0.2, -0.15) is 0 Å². The van der Waals surface area contributed by atoms with E-state index in [1.807, 2.05) is 6.92 Å². The predicted molar refractivity (Wildman–Crippen MR) is 66.1 cm³/mol. The standard InChI is InChI=1S/C11H17ClN4/c1-9-10(12)13-8-14-11(9)16-5-3-4-15(2)6-7-16/h8H,3-7H2,1-2H3. The minimum absolute atomic E-state index is 0.558. The van der Waals surface area contributed by atoms with E-state index in [1.165, 1.54) is 0 Å². The lowest BCUT2D eigenvalue weighted by atomic mass is 10.3. The Kier molecular flexibility index (Phi) is 3.61. The van der Waals surface area contributed by atoms with Crippen LogP contribution in [0.25, 0.3) is 0 Å². The summed E-state index contributed by atoms with van der Waals surface area (Å²) in [5.74, 6) is 0.982. The van der Waals surface area contributed by atoms with Crippen molar-refractivity contribution in [2.75, 3.05) is 38.1 Å². The molecule has 16 heavy (non-hydrogen) atoms. The van der Waals surface area contributed by atoms with Crippen LogP contribution in [0.3, 0.4) is 0 Å². The maximum atomic E-state index is 6.01. The summed E-state index contributed by atoms with van der Waals surface area (Å²) >= 11 is 6.01. The first-order valence-corrected chi connectivity index (χ1v) is 5.97. The van der Waals surface area contributed by atoms with E-state index in [9.17, 15) is 0 Å². The van der Waals surface area contributed by atoms with Crippen molar-refractivity contribution < 1.29 is 0 Å². The molecule has 1 aliphatic rings. The van der Waals surface area contributed by atoms with Crippen LogP contribution < -0.4 is 4.90 Å². The fourth-order valence-electron chi connectivity index (χ4n) is 2.00. The molecule has 1 fully saturated rings. The minimum Gasteiger partial charge on any atom is -0.355 e. The highest BCUT2D eigenvalue weighted by Gasteiger charge is 2.16. The van der Waals surface area contributed by atoms with Gasteiger partial charge in [-0.3, -0.25) is 0 Å². The van der Waals surface area contributed by atoms with Gasteiger partial charge in [0.2, 0.25) is 0 Å². The topological polar surface area (TPSA) is 32.3 Å². The van der Waals surface area contributed by atoms with Crippen molar-refractivity contribution in [1.29, 1.82) is 0 Å². The van der Waals surface area contributed by atoms with Crippen LogP contribution in [-0.4, -0.2) is 48.1 Å². The first kappa shape index (κ1) is 11.6. The zero-order valence-electron chi connectivity index (χ0n) is 9.78. The van der Waals surface area contributed by atoms with Gasteiger partial charge in [-0.25, -0.2) is 9.97 Å². The van der Waals surface area contributed by atoms with Crippen LogP contribution in [0.15, 0.2) is 6.33 Å². The normalized spacial score (nSPS) is 18.6. The SMILES string of the molecule is Cc1c(Cl)ncnc1N1CCCN(C)CC1. The summed E-state index contributed by atoms with van der Waals surface area (Å²) in [7, 11) is 2.16. The number of rotatable bonds is 1. The smallest absolute Gasteiger partial charge is 0.137 e. The lowest BCUT2D eigenvalue weighted by molar-refractivity contribution is 0.360. The highest BCUT2D eigenvalue weighted by atomic mass is 35.5. The van der Waals surface area contributed by atoms with E-state index in [1.54, 1.807) is 6.33 Å². The van der Waals surface area contributed by atoms with Crippen LogP contribution >= 0.6 is 11.6 Å². The molecular weight excluding hydrogens is 224 g/mol. The zero-order chi connectivity index (χ0) is 11.5. The van der Waals surface area contributed by atoms with E-state index in [0.717, 1.165) is 44.0 Å². The van der Waals surface area contributed by atoms with Crippen molar-refractivity contribution in [2.45, 2.75) is 13.3 Å².